The summed E-state index contributed by atoms with van der Waals surface area (Å²) >= 11 is 0. The lowest BCUT2D eigenvalue weighted by Gasteiger charge is -2.19. The fraction of sp³-hybridized carbons (Fsp3) is 0.133. The molecule has 2 aromatic heterocycles. The van der Waals surface area contributed by atoms with Crippen LogP contribution in [0.1, 0.15) is 54.1 Å². The Balaban J connectivity index is 1.85. The van der Waals surface area contributed by atoms with Gasteiger partial charge in [0.1, 0.15) is 0 Å². The molecule has 0 saturated heterocycles. The topological polar surface area (TPSA) is 84.0 Å². The van der Waals surface area contributed by atoms with Crippen molar-refractivity contribution < 1.29 is 9.59 Å². The van der Waals surface area contributed by atoms with Gasteiger partial charge in [-0.3, -0.25) is 19.6 Å². The van der Waals surface area contributed by atoms with Gasteiger partial charge in [0.05, 0.1) is 11.4 Å². The average Bonchev–Trinajstić information content (AvgIpc) is 2.85. The zero-order chi connectivity index (χ0) is 25.7. The Labute approximate surface area is 211 Å². The van der Waals surface area contributed by atoms with E-state index in [1.165, 1.54) is 0 Å². The molecule has 0 aliphatic rings. The molecule has 2 amide bonds. The van der Waals surface area contributed by atoms with Crippen LogP contribution in [0.3, 0.4) is 0 Å². The molecule has 6 heteroatoms. The maximum Gasteiger partial charge on any atom is 0.255 e. The fourth-order valence-electron chi connectivity index (χ4n) is 4.18. The second-order valence-corrected chi connectivity index (χ2v) is 8.88. The first kappa shape index (κ1) is 24.5. The van der Waals surface area contributed by atoms with Crippen LogP contribution in [0.5, 0.6) is 0 Å². The largest absolute Gasteiger partial charge is 0.320 e. The van der Waals surface area contributed by atoms with E-state index in [1.54, 1.807) is 49.1 Å². The summed E-state index contributed by atoms with van der Waals surface area (Å²) in [6.07, 6.45) is 6.59. The van der Waals surface area contributed by atoms with Crippen molar-refractivity contribution in [1.29, 1.82) is 0 Å². The third-order valence-corrected chi connectivity index (χ3v) is 5.63. The second-order valence-electron chi connectivity index (χ2n) is 8.88. The Kier molecular flexibility index (Phi) is 7.35. The third-order valence-electron chi connectivity index (χ3n) is 5.63. The molecule has 6 nitrogen and oxygen atoms in total. The smallest absolute Gasteiger partial charge is 0.255 e. The van der Waals surface area contributed by atoms with Crippen LogP contribution >= 0.6 is 0 Å². The summed E-state index contributed by atoms with van der Waals surface area (Å²) in [4.78, 5) is 35.1. The Morgan fingerprint density at radius 2 is 0.806 bits per heavy atom. The molecule has 2 N–H and O–H groups in total. The number of carbonyl (C=O) groups excluding carboxylic acids is 2. The molecule has 4 rings (SSSR count). The van der Waals surface area contributed by atoms with Crippen molar-refractivity contribution in [3.05, 3.63) is 130 Å². The lowest BCUT2D eigenvalue weighted by Crippen LogP contribution is -2.29. The zero-order valence-corrected chi connectivity index (χ0v) is 20.8. The Morgan fingerprint density at radius 1 is 0.500 bits per heavy atom. The van der Waals surface area contributed by atoms with Gasteiger partial charge in [0.2, 0.25) is 0 Å². The molecule has 0 radical (unpaired) electrons. The minimum atomic E-state index is -0.277. The van der Waals surface area contributed by atoms with Crippen LogP contribution in [-0.4, -0.2) is 21.8 Å². The van der Waals surface area contributed by atoms with E-state index in [-0.39, 0.29) is 11.8 Å². The molecule has 180 valence electrons. The molecule has 0 bridgehead atoms. The van der Waals surface area contributed by atoms with E-state index in [9.17, 15) is 9.59 Å². The van der Waals surface area contributed by atoms with Crippen LogP contribution in [0.15, 0.2) is 85.5 Å². The molecule has 2 aromatic carbocycles. The van der Waals surface area contributed by atoms with Gasteiger partial charge in [0, 0.05) is 47.0 Å². The lowest BCUT2D eigenvalue weighted by molar-refractivity contribution is 0.0961. The maximum atomic E-state index is 13.4. The number of nitrogens with zero attached hydrogens (tertiary/aromatic N) is 2. The highest BCUT2D eigenvalue weighted by Gasteiger charge is 2.19. The normalized spacial score (nSPS) is 11.4. The predicted molar refractivity (Wildman–Crippen MR) is 142 cm³/mol. The second kappa shape index (κ2) is 10.8. The highest BCUT2D eigenvalue weighted by molar-refractivity contribution is 6.08. The van der Waals surface area contributed by atoms with Gasteiger partial charge in [-0.15, -0.1) is 0 Å². The quantitative estimate of drug-likeness (QED) is 0.390. The van der Waals surface area contributed by atoms with Gasteiger partial charge < -0.3 is 10.6 Å². The van der Waals surface area contributed by atoms with E-state index >= 15 is 0 Å². The van der Waals surface area contributed by atoms with Crippen LogP contribution in [0, 0.1) is 27.7 Å². The molecular weight excluding hydrogens is 448 g/mol. The molecule has 4 aromatic rings. The SMILES string of the molecule is Cc1cc(C)cc(C(=O)NC(=C(NC(=O)c2cc(C)cc(C)c2)c2ccncc2)c2ccncc2)c1. The first-order valence-corrected chi connectivity index (χ1v) is 11.6. The summed E-state index contributed by atoms with van der Waals surface area (Å²) in [6, 6.07) is 18.6. The van der Waals surface area contributed by atoms with Crippen molar-refractivity contribution in [1.82, 2.24) is 20.6 Å². The van der Waals surface area contributed by atoms with E-state index < -0.39 is 0 Å². The minimum Gasteiger partial charge on any atom is -0.320 e. The monoisotopic (exact) mass is 476 g/mol. The van der Waals surface area contributed by atoms with E-state index in [0.717, 1.165) is 22.3 Å². The Morgan fingerprint density at radius 3 is 1.11 bits per heavy atom. The molecule has 2 heterocycles. The molecule has 0 atom stereocenters. The van der Waals surface area contributed by atoms with Gasteiger partial charge in [-0.2, -0.15) is 0 Å². The molecule has 0 aliphatic carbocycles. The number of pyridine rings is 2. The van der Waals surface area contributed by atoms with Crippen molar-refractivity contribution in [2.75, 3.05) is 0 Å². The summed E-state index contributed by atoms with van der Waals surface area (Å²) in [6.45, 7) is 7.82. The van der Waals surface area contributed by atoms with Gasteiger partial charge in [-0.25, -0.2) is 0 Å². The number of rotatable bonds is 6. The first-order valence-electron chi connectivity index (χ1n) is 11.6. The van der Waals surface area contributed by atoms with Crippen LogP contribution in [-0.2, 0) is 0 Å². The molecule has 0 unspecified atom stereocenters. The van der Waals surface area contributed by atoms with Crippen molar-refractivity contribution in [3.8, 4) is 0 Å². The number of nitrogens with one attached hydrogen (secondary N) is 2. The van der Waals surface area contributed by atoms with Crippen LogP contribution < -0.4 is 10.6 Å². The Hall–Kier alpha value is -4.58. The number of hydrogen-bond donors (Lipinski definition) is 2. The van der Waals surface area contributed by atoms with Gasteiger partial charge in [-0.1, -0.05) is 34.4 Å². The van der Waals surface area contributed by atoms with Gasteiger partial charge in [0.15, 0.2) is 0 Å². The summed E-state index contributed by atoms with van der Waals surface area (Å²) in [7, 11) is 0. The standard InChI is InChI=1S/C30H28N4O2/c1-19-13-20(2)16-25(15-19)29(35)33-27(23-5-9-31-10-6-23)28(24-7-11-32-12-8-24)34-30(36)26-17-21(3)14-22(4)18-26/h5-18H,1-4H3,(H,33,35)(H,34,36). The van der Waals surface area contributed by atoms with Crippen molar-refractivity contribution >= 4 is 23.2 Å². The van der Waals surface area contributed by atoms with Gasteiger partial charge in [0.25, 0.3) is 11.8 Å². The summed E-state index contributed by atoms with van der Waals surface area (Å²) in [5, 5.41) is 6.12. The molecule has 0 spiro atoms. The number of carbonyl (C=O) groups is 2. The summed E-state index contributed by atoms with van der Waals surface area (Å²) in [5.41, 5.74) is 7.38. The number of benzene rings is 2. The number of amides is 2. The molecule has 36 heavy (non-hydrogen) atoms. The zero-order valence-electron chi connectivity index (χ0n) is 20.8. The van der Waals surface area contributed by atoms with Crippen molar-refractivity contribution in [3.63, 3.8) is 0 Å². The highest BCUT2D eigenvalue weighted by Crippen LogP contribution is 2.24. The van der Waals surface area contributed by atoms with Crippen LogP contribution in [0.25, 0.3) is 11.4 Å². The Bertz CT molecular complexity index is 1290. The van der Waals surface area contributed by atoms with Gasteiger partial charge >= 0.3 is 0 Å². The minimum absolute atomic E-state index is 0.277. The summed E-state index contributed by atoms with van der Waals surface area (Å²) < 4.78 is 0. The van der Waals surface area contributed by atoms with Crippen LogP contribution in [0.2, 0.25) is 0 Å². The van der Waals surface area contributed by atoms with Crippen molar-refractivity contribution in [2.45, 2.75) is 27.7 Å². The fourth-order valence-corrected chi connectivity index (χ4v) is 4.18. The first-order chi connectivity index (χ1) is 17.3. The van der Waals surface area contributed by atoms with E-state index in [4.69, 9.17) is 0 Å². The molecule has 0 saturated carbocycles. The summed E-state index contributed by atoms with van der Waals surface area (Å²) in [5.74, 6) is -0.554. The number of hydrogen-bond acceptors (Lipinski definition) is 4. The molecule has 0 fully saturated rings. The van der Waals surface area contributed by atoms with E-state index in [2.05, 4.69) is 20.6 Å². The van der Waals surface area contributed by atoms with Gasteiger partial charge in [-0.05, 0) is 76.2 Å². The number of aromatic nitrogens is 2. The average molecular weight is 477 g/mol. The van der Waals surface area contributed by atoms with Crippen molar-refractivity contribution in [2.24, 2.45) is 0 Å². The van der Waals surface area contributed by atoms with Crippen LogP contribution in [0.4, 0.5) is 0 Å². The predicted octanol–water partition coefficient (Wildman–Crippen LogP) is 5.40. The highest BCUT2D eigenvalue weighted by atomic mass is 16.2. The maximum absolute atomic E-state index is 13.4. The van der Waals surface area contributed by atoms with E-state index in [1.807, 2.05) is 64.1 Å². The molecular formula is C30H28N4O2. The molecule has 0 aliphatic heterocycles. The lowest BCUT2D eigenvalue weighted by atomic mass is 10.0. The number of aryl methyl sites for hydroxylation is 4. The third kappa shape index (κ3) is 5.91. The van der Waals surface area contributed by atoms with E-state index in [0.29, 0.717) is 33.6 Å².